The van der Waals surface area contributed by atoms with Crippen molar-refractivity contribution in [3.8, 4) is 0 Å². The van der Waals surface area contributed by atoms with Crippen molar-refractivity contribution in [2.45, 2.75) is 61.9 Å². The predicted molar refractivity (Wildman–Crippen MR) is 84.9 cm³/mol. The van der Waals surface area contributed by atoms with Gasteiger partial charge < -0.3 is 9.47 Å². The molecule has 4 heteroatoms. The van der Waals surface area contributed by atoms with Gasteiger partial charge in [-0.3, -0.25) is 0 Å². The van der Waals surface area contributed by atoms with Crippen LogP contribution in [0.2, 0.25) is 0 Å². The topological polar surface area (TPSA) is 18.5 Å². The largest absolute Gasteiger partial charge is 0.371 e. The monoisotopic (exact) mass is 390 g/mol. The van der Waals surface area contributed by atoms with Crippen molar-refractivity contribution in [1.82, 2.24) is 0 Å². The van der Waals surface area contributed by atoms with Crippen molar-refractivity contribution in [3.05, 3.63) is 28.9 Å². The van der Waals surface area contributed by atoms with Crippen LogP contribution in [0.15, 0.2) is 28.9 Å². The van der Waals surface area contributed by atoms with Gasteiger partial charge >= 0.3 is 0 Å². The molecule has 0 radical (unpaired) electrons. The highest BCUT2D eigenvalue weighted by Gasteiger charge is 2.44. The number of allylic oxidation sites excluding steroid dienone is 2. The predicted octanol–water partition coefficient (Wildman–Crippen LogP) is 4.48. The van der Waals surface area contributed by atoms with E-state index in [-0.39, 0.29) is 24.4 Å². The number of alkyl halides is 1. The Bertz CT molecular complexity index is 360. The summed E-state index contributed by atoms with van der Waals surface area (Å²) in [5.74, 6) is 0. The van der Waals surface area contributed by atoms with Gasteiger partial charge in [-0.2, -0.15) is 0 Å². The van der Waals surface area contributed by atoms with Gasteiger partial charge in [0.05, 0.1) is 24.4 Å². The zero-order valence-corrected chi connectivity index (χ0v) is 14.3. The molecule has 2 aliphatic rings. The Morgan fingerprint density at radius 3 is 2.74 bits per heavy atom. The van der Waals surface area contributed by atoms with Gasteiger partial charge in [-0.15, -0.1) is 5.73 Å². The number of rotatable bonds is 5. The van der Waals surface area contributed by atoms with Crippen molar-refractivity contribution in [3.63, 3.8) is 0 Å². The fraction of sp³-hybridized carbons (Fsp3) is 0.667. The SMILES string of the molecule is CC/C=C/C[C@@H](Br)[C@H]1C[C@H]2O[C@H](C=C=CBr)C[C@H]2O1. The Labute approximate surface area is 132 Å². The van der Waals surface area contributed by atoms with Gasteiger partial charge in [0, 0.05) is 22.7 Å². The van der Waals surface area contributed by atoms with Crippen LogP contribution >= 0.6 is 31.9 Å². The summed E-state index contributed by atoms with van der Waals surface area (Å²) < 4.78 is 12.1. The van der Waals surface area contributed by atoms with E-state index in [2.05, 4.69) is 56.7 Å². The van der Waals surface area contributed by atoms with E-state index < -0.39 is 0 Å². The van der Waals surface area contributed by atoms with E-state index in [0.717, 1.165) is 25.7 Å². The number of hydrogen-bond acceptors (Lipinski definition) is 2. The third-order valence-electron chi connectivity index (χ3n) is 3.56. The maximum Gasteiger partial charge on any atom is 0.0871 e. The summed E-state index contributed by atoms with van der Waals surface area (Å²) in [6, 6.07) is 0. The first-order valence-electron chi connectivity index (χ1n) is 6.85. The van der Waals surface area contributed by atoms with Gasteiger partial charge in [0.1, 0.15) is 0 Å². The summed E-state index contributed by atoms with van der Waals surface area (Å²) in [6.45, 7) is 2.15. The molecule has 19 heavy (non-hydrogen) atoms. The molecule has 0 aliphatic carbocycles. The fourth-order valence-corrected chi connectivity index (χ4v) is 3.35. The van der Waals surface area contributed by atoms with Crippen LogP contribution < -0.4 is 0 Å². The molecule has 0 aromatic carbocycles. The van der Waals surface area contributed by atoms with Crippen LogP contribution in [-0.2, 0) is 9.47 Å². The van der Waals surface area contributed by atoms with Crippen LogP contribution in [0.25, 0.3) is 0 Å². The average molecular weight is 392 g/mol. The molecule has 0 spiro atoms. The second-order valence-corrected chi connectivity index (χ2v) is 6.61. The highest BCUT2D eigenvalue weighted by atomic mass is 79.9. The molecule has 2 aliphatic heterocycles. The first-order valence-corrected chi connectivity index (χ1v) is 8.69. The second kappa shape index (κ2) is 7.80. The number of hydrogen-bond donors (Lipinski definition) is 0. The van der Waals surface area contributed by atoms with Crippen LogP contribution in [0.1, 0.15) is 32.6 Å². The lowest BCUT2D eigenvalue weighted by Crippen LogP contribution is -2.22. The Hall–Kier alpha value is 0.140. The van der Waals surface area contributed by atoms with Crippen molar-refractivity contribution in [2.75, 3.05) is 0 Å². The minimum absolute atomic E-state index is 0.151. The van der Waals surface area contributed by atoms with Gasteiger partial charge in [0.15, 0.2) is 0 Å². The molecule has 0 bridgehead atoms. The molecule has 2 saturated heterocycles. The lowest BCUT2D eigenvalue weighted by Gasteiger charge is -2.18. The van der Waals surface area contributed by atoms with Crippen molar-refractivity contribution < 1.29 is 9.47 Å². The molecule has 0 N–H and O–H groups in total. The Kier molecular flexibility index (Phi) is 6.37. The van der Waals surface area contributed by atoms with Gasteiger partial charge in [-0.1, -0.05) is 50.9 Å². The van der Waals surface area contributed by atoms with Crippen LogP contribution in [0.3, 0.4) is 0 Å². The zero-order valence-electron chi connectivity index (χ0n) is 11.1. The summed E-state index contributed by atoms with van der Waals surface area (Å²) >= 11 is 6.95. The lowest BCUT2D eigenvalue weighted by molar-refractivity contribution is 0.0378. The van der Waals surface area contributed by atoms with E-state index in [4.69, 9.17) is 9.47 Å². The molecule has 106 valence electrons. The van der Waals surface area contributed by atoms with Crippen molar-refractivity contribution >= 4 is 31.9 Å². The molecule has 2 heterocycles. The highest BCUT2D eigenvalue weighted by molar-refractivity contribution is 9.11. The highest BCUT2D eigenvalue weighted by Crippen LogP contribution is 2.37. The maximum atomic E-state index is 6.11. The molecular weight excluding hydrogens is 372 g/mol. The van der Waals surface area contributed by atoms with Gasteiger partial charge in [-0.05, 0) is 18.9 Å². The van der Waals surface area contributed by atoms with Crippen LogP contribution in [0.4, 0.5) is 0 Å². The molecule has 0 amide bonds. The smallest absolute Gasteiger partial charge is 0.0871 e. The van der Waals surface area contributed by atoms with E-state index >= 15 is 0 Å². The average Bonchev–Trinajstić information content (AvgIpc) is 2.94. The Morgan fingerprint density at radius 1 is 1.26 bits per heavy atom. The summed E-state index contributed by atoms with van der Waals surface area (Å²) in [7, 11) is 0. The molecule has 0 aromatic heterocycles. The Morgan fingerprint density at radius 2 is 2.05 bits per heavy atom. The molecule has 2 rings (SSSR count). The van der Waals surface area contributed by atoms with Crippen LogP contribution in [0.5, 0.6) is 0 Å². The molecular formula is C15H20Br2O2. The molecule has 0 aromatic rings. The van der Waals surface area contributed by atoms with E-state index in [1.165, 1.54) is 0 Å². The third-order valence-corrected chi connectivity index (χ3v) is 4.78. The number of halogens is 2. The number of ether oxygens (including phenoxy) is 2. The summed E-state index contributed by atoms with van der Waals surface area (Å²) in [5, 5.41) is 0. The quantitative estimate of drug-likeness (QED) is 0.390. The van der Waals surface area contributed by atoms with Crippen molar-refractivity contribution in [2.24, 2.45) is 0 Å². The second-order valence-electron chi connectivity index (χ2n) is 4.97. The van der Waals surface area contributed by atoms with E-state index in [1.807, 2.05) is 6.08 Å². The summed E-state index contributed by atoms with van der Waals surface area (Å²) in [5.41, 5.74) is 3.02. The lowest BCUT2D eigenvalue weighted by atomic mass is 10.1. The minimum Gasteiger partial charge on any atom is -0.371 e. The van der Waals surface area contributed by atoms with Crippen molar-refractivity contribution in [1.29, 1.82) is 0 Å². The van der Waals surface area contributed by atoms with E-state index in [9.17, 15) is 0 Å². The van der Waals surface area contributed by atoms with Gasteiger partial charge in [-0.25, -0.2) is 0 Å². The molecule has 5 atom stereocenters. The zero-order chi connectivity index (χ0) is 13.7. The van der Waals surface area contributed by atoms with Crippen LogP contribution in [0, 0.1) is 0 Å². The molecule has 0 unspecified atom stereocenters. The van der Waals surface area contributed by atoms with E-state index in [1.54, 1.807) is 4.99 Å². The summed E-state index contributed by atoms with van der Waals surface area (Å²) in [6.07, 6.45) is 11.4. The van der Waals surface area contributed by atoms with Gasteiger partial charge in [0.2, 0.25) is 0 Å². The molecule has 2 nitrogen and oxygen atoms in total. The molecule has 2 fully saturated rings. The van der Waals surface area contributed by atoms with Crippen LogP contribution in [-0.4, -0.2) is 29.2 Å². The maximum absolute atomic E-state index is 6.11. The van der Waals surface area contributed by atoms with E-state index in [0.29, 0.717) is 4.83 Å². The summed E-state index contributed by atoms with van der Waals surface area (Å²) in [4.78, 5) is 2.11. The third kappa shape index (κ3) is 4.30. The fourth-order valence-electron chi connectivity index (χ4n) is 2.64. The standard InChI is InChI=1S/C15H20Br2O2/c1-2-3-4-7-12(17)13-10-15-14(19-13)9-11(18-15)6-5-8-16/h3-4,6,8,11-15H,2,7,9-10H2,1H3/b4-3+/t5?,11-,12-,13-,14-,15-/m1/s1. The number of fused-ring (bicyclic) bond motifs is 1. The first kappa shape index (κ1) is 15.5. The Balaban J connectivity index is 1.80. The first-order chi connectivity index (χ1) is 9.24. The van der Waals surface area contributed by atoms with Gasteiger partial charge in [0.25, 0.3) is 0 Å². The normalized spacial score (nSPS) is 35.1. The minimum atomic E-state index is 0.151. The molecule has 0 saturated carbocycles.